The van der Waals surface area contributed by atoms with Gasteiger partial charge < -0.3 is 10.2 Å². The molecule has 1 aromatic carbocycles. The number of nitrogens with one attached hydrogen (secondary N) is 1. The van der Waals surface area contributed by atoms with E-state index in [-0.39, 0.29) is 0 Å². The zero-order valence-corrected chi connectivity index (χ0v) is 14.7. The molecule has 1 aliphatic heterocycles. The number of aromatic nitrogens is 2. The zero-order chi connectivity index (χ0) is 15.6. The molecule has 4 rings (SSSR count). The van der Waals surface area contributed by atoms with Gasteiger partial charge in [-0.15, -0.1) is 0 Å². The van der Waals surface area contributed by atoms with Gasteiger partial charge in [-0.1, -0.05) is 34.8 Å². The van der Waals surface area contributed by atoms with Crippen LogP contribution in [0.25, 0.3) is 0 Å². The average molecular weight is 373 g/mol. The predicted molar refractivity (Wildman–Crippen MR) is 96.8 cm³/mol. The van der Waals surface area contributed by atoms with Crippen molar-refractivity contribution in [3.05, 3.63) is 46.2 Å². The van der Waals surface area contributed by atoms with Crippen LogP contribution in [0.1, 0.15) is 36.8 Å². The van der Waals surface area contributed by atoms with Gasteiger partial charge in [0.25, 0.3) is 0 Å². The maximum atomic E-state index is 4.50. The zero-order valence-electron chi connectivity index (χ0n) is 13.1. The molecule has 1 fully saturated rings. The van der Waals surface area contributed by atoms with Crippen molar-refractivity contribution in [2.24, 2.45) is 0 Å². The molecule has 0 bridgehead atoms. The van der Waals surface area contributed by atoms with Crippen LogP contribution in [0.2, 0.25) is 0 Å². The van der Waals surface area contributed by atoms with E-state index >= 15 is 0 Å². The summed E-state index contributed by atoms with van der Waals surface area (Å²) in [6.07, 6.45) is 7.91. The molecule has 1 aliphatic carbocycles. The summed E-state index contributed by atoms with van der Waals surface area (Å²) in [5.74, 6) is 1.98. The second-order valence-electron chi connectivity index (χ2n) is 6.47. The summed E-state index contributed by atoms with van der Waals surface area (Å²) in [6, 6.07) is 9.25. The lowest BCUT2D eigenvalue weighted by molar-refractivity contribution is 0.716. The molecule has 2 aromatic rings. The Balaban J connectivity index is 1.52. The summed E-state index contributed by atoms with van der Waals surface area (Å²) >= 11 is 3.57. The molecule has 0 atom stereocenters. The molecule has 4 nitrogen and oxygen atoms in total. The second-order valence-corrected chi connectivity index (χ2v) is 7.39. The van der Waals surface area contributed by atoms with Gasteiger partial charge in [-0.3, -0.25) is 0 Å². The van der Waals surface area contributed by atoms with E-state index in [1.54, 1.807) is 6.33 Å². The number of anilines is 2. The summed E-state index contributed by atoms with van der Waals surface area (Å²) < 4.78 is 1.14. The smallest absolute Gasteiger partial charge is 0.134 e. The van der Waals surface area contributed by atoms with Crippen molar-refractivity contribution >= 4 is 27.6 Å². The van der Waals surface area contributed by atoms with Gasteiger partial charge in [-0.25, -0.2) is 9.97 Å². The maximum absolute atomic E-state index is 4.50. The highest BCUT2D eigenvalue weighted by atomic mass is 79.9. The van der Waals surface area contributed by atoms with Crippen LogP contribution in [0, 0.1) is 0 Å². The van der Waals surface area contributed by atoms with Crippen molar-refractivity contribution in [3.8, 4) is 0 Å². The fraction of sp³-hybridized carbons (Fsp3) is 0.444. The Labute approximate surface area is 145 Å². The fourth-order valence-electron chi connectivity index (χ4n) is 3.60. The van der Waals surface area contributed by atoms with Crippen LogP contribution in [0.15, 0.2) is 35.1 Å². The largest absolute Gasteiger partial charge is 0.367 e. The maximum Gasteiger partial charge on any atom is 0.134 e. The monoisotopic (exact) mass is 372 g/mol. The van der Waals surface area contributed by atoms with E-state index in [1.165, 1.54) is 36.8 Å². The fourth-order valence-corrected chi connectivity index (χ4v) is 4.01. The van der Waals surface area contributed by atoms with E-state index < -0.39 is 0 Å². The first kappa shape index (κ1) is 14.9. The Morgan fingerprint density at radius 3 is 2.83 bits per heavy atom. The van der Waals surface area contributed by atoms with Crippen molar-refractivity contribution in [1.82, 2.24) is 9.97 Å². The first-order valence-electron chi connectivity index (χ1n) is 8.39. The molecule has 2 heterocycles. The third kappa shape index (κ3) is 3.34. The highest BCUT2D eigenvalue weighted by Crippen LogP contribution is 2.27. The third-order valence-corrected chi connectivity index (χ3v) is 5.36. The number of fused-ring (bicyclic) bond motifs is 1. The highest BCUT2D eigenvalue weighted by Gasteiger charge is 2.19. The topological polar surface area (TPSA) is 41.0 Å². The van der Waals surface area contributed by atoms with Crippen molar-refractivity contribution < 1.29 is 0 Å². The second kappa shape index (κ2) is 6.48. The average Bonchev–Trinajstić information content (AvgIpc) is 3.07. The number of halogens is 1. The molecule has 0 spiro atoms. The number of hydrogen-bond acceptors (Lipinski definition) is 4. The van der Waals surface area contributed by atoms with Crippen LogP contribution in [0.5, 0.6) is 0 Å². The van der Waals surface area contributed by atoms with Gasteiger partial charge in [0.2, 0.25) is 0 Å². The summed E-state index contributed by atoms with van der Waals surface area (Å²) in [5, 5.41) is 3.56. The molecule has 0 unspecified atom stereocenters. The Morgan fingerprint density at radius 1 is 1.09 bits per heavy atom. The minimum Gasteiger partial charge on any atom is -0.367 e. The molecule has 1 saturated carbocycles. The van der Waals surface area contributed by atoms with E-state index in [4.69, 9.17) is 0 Å². The molecular formula is C18H21BrN4. The first-order valence-corrected chi connectivity index (χ1v) is 9.18. The minimum atomic E-state index is 0.579. The van der Waals surface area contributed by atoms with E-state index in [0.717, 1.165) is 35.6 Å². The van der Waals surface area contributed by atoms with Crippen molar-refractivity contribution in [2.45, 2.75) is 44.7 Å². The molecule has 0 radical (unpaired) electrons. The molecule has 23 heavy (non-hydrogen) atoms. The summed E-state index contributed by atoms with van der Waals surface area (Å²) in [6.45, 7) is 1.92. The molecule has 2 aliphatic rings. The van der Waals surface area contributed by atoms with E-state index in [9.17, 15) is 0 Å². The quantitative estimate of drug-likeness (QED) is 0.878. The number of hydrogen-bond donors (Lipinski definition) is 1. The Kier molecular flexibility index (Phi) is 4.21. The van der Waals surface area contributed by atoms with Gasteiger partial charge in [-0.05, 0) is 42.5 Å². The molecule has 120 valence electrons. The minimum absolute atomic E-state index is 0.579. The van der Waals surface area contributed by atoms with Crippen LogP contribution in [-0.4, -0.2) is 22.6 Å². The third-order valence-electron chi connectivity index (χ3n) is 4.86. The Hall–Kier alpha value is -1.62. The molecule has 0 saturated heterocycles. The normalized spacial score (nSPS) is 18.0. The number of rotatable bonds is 3. The van der Waals surface area contributed by atoms with Gasteiger partial charge >= 0.3 is 0 Å². The molecule has 1 N–H and O–H groups in total. The van der Waals surface area contributed by atoms with Gasteiger partial charge in [0.05, 0.1) is 0 Å². The van der Waals surface area contributed by atoms with Crippen LogP contribution >= 0.6 is 15.9 Å². The lowest BCUT2D eigenvalue weighted by atomic mass is 10.00. The molecular weight excluding hydrogens is 352 g/mol. The number of nitrogens with zero attached hydrogens (tertiary/aromatic N) is 3. The van der Waals surface area contributed by atoms with E-state index in [1.807, 2.05) is 0 Å². The number of benzene rings is 1. The lowest BCUT2D eigenvalue weighted by Crippen LogP contribution is -2.31. The Bertz CT molecular complexity index is 697. The van der Waals surface area contributed by atoms with Crippen molar-refractivity contribution in [2.75, 3.05) is 16.8 Å². The predicted octanol–water partition coefficient (Wildman–Crippen LogP) is 4.16. The van der Waals surface area contributed by atoms with E-state index in [2.05, 4.69) is 60.4 Å². The molecule has 1 aromatic heterocycles. The van der Waals surface area contributed by atoms with Crippen LogP contribution in [0.4, 0.5) is 11.6 Å². The van der Waals surface area contributed by atoms with Crippen LogP contribution < -0.4 is 10.2 Å². The summed E-state index contributed by atoms with van der Waals surface area (Å²) in [4.78, 5) is 11.2. The van der Waals surface area contributed by atoms with Gasteiger partial charge in [0, 0.05) is 29.7 Å². The van der Waals surface area contributed by atoms with Crippen LogP contribution in [0.3, 0.4) is 0 Å². The van der Waals surface area contributed by atoms with Crippen molar-refractivity contribution in [1.29, 1.82) is 0 Å². The standard InChI is InChI=1S/C18H21BrN4/c19-15-6-5-13-7-8-23(11-14(13)9-15)18-10-17(20-12-21-18)22-16-3-1-2-4-16/h5-6,9-10,12,16H,1-4,7-8,11H2,(H,20,21,22). The SMILES string of the molecule is Brc1ccc2c(c1)CN(c1cc(NC3CCCC3)ncn1)CC2. The van der Waals surface area contributed by atoms with Gasteiger partial charge in [0.15, 0.2) is 0 Å². The summed E-state index contributed by atoms with van der Waals surface area (Å²) in [5.41, 5.74) is 2.83. The van der Waals surface area contributed by atoms with E-state index in [0.29, 0.717) is 6.04 Å². The van der Waals surface area contributed by atoms with Crippen molar-refractivity contribution in [3.63, 3.8) is 0 Å². The summed E-state index contributed by atoms with van der Waals surface area (Å²) in [7, 11) is 0. The lowest BCUT2D eigenvalue weighted by Gasteiger charge is -2.30. The first-order chi connectivity index (χ1) is 11.3. The Morgan fingerprint density at radius 2 is 1.96 bits per heavy atom. The molecule has 5 heteroatoms. The highest BCUT2D eigenvalue weighted by molar-refractivity contribution is 9.10. The van der Waals surface area contributed by atoms with Gasteiger partial charge in [-0.2, -0.15) is 0 Å². The molecule has 0 amide bonds. The van der Waals surface area contributed by atoms with Crippen LogP contribution in [-0.2, 0) is 13.0 Å². The van der Waals surface area contributed by atoms with Gasteiger partial charge in [0.1, 0.15) is 18.0 Å².